The van der Waals surface area contributed by atoms with Crippen LogP contribution in [0.4, 0.5) is 0 Å². The van der Waals surface area contributed by atoms with Crippen molar-refractivity contribution in [2.75, 3.05) is 13.1 Å². The highest BCUT2D eigenvalue weighted by Crippen LogP contribution is 2.32. The monoisotopic (exact) mass is 225 g/mol. The second kappa shape index (κ2) is 4.84. The van der Waals surface area contributed by atoms with Gasteiger partial charge in [-0.05, 0) is 39.2 Å². The lowest BCUT2D eigenvalue weighted by Crippen LogP contribution is -2.43. The zero-order chi connectivity index (χ0) is 11.6. The van der Waals surface area contributed by atoms with Gasteiger partial charge in [-0.25, -0.2) is 0 Å². The fourth-order valence-corrected chi connectivity index (χ4v) is 3.24. The van der Waals surface area contributed by atoms with Crippen LogP contribution in [0.3, 0.4) is 0 Å². The number of hydrogen-bond donors (Lipinski definition) is 1. The van der Waals surface area contributed by atoms with E-state index in [0.29, 0.717) is 12.5 Å². The summed E-state index contributed by atoms with van der Waals surface area (Å²) in [6.07, 6.45) is 7.15. The van der Waals surface area contributed by atoms with E-state index in [4.69, 9.17) is 0 Å². The molecule has 1 atom stereocenters. The average molecular weight is 225 g/mol. The standard InChI is InChI=1S/C13H23NO2/c1-11(15)9-12-5-4-8-14(12)10-13(16)6-2-3-7-13/h12,16H,2-10H2,1H3. The Morgan fingerprint density at radius 1 is 1.38 bits per heavy atom. The van der Waals surface area contributed by atoms with Crippen LogP contribution >= 0.6 is 0 Å². The van der Waals surface area contributed by atoms with E-state index >= 15 is 0 Å². The lowest BCUT2D eigenvalue weighted by atomic mass is 10.0. The summed E-state index contributed by atoms with van der Waals surface area (Å²) in [4.78, 5) is 13.5. The number of β-amino-alcohol motifs (C(OH)–C–C–N with tert-alkyl or cyclic N) is 1. The third-order valence-corrected chi connectivity index (χ3v) is 4.05. The third kappa shape index (κ3) is 2.83. The van der Waals surface area contributed by atoms with Gasteiger partial charge in [-0.15, -0.1) is 0 Å². The molecule has 1 aliphatic carbocycles. The Labute approximate surface area is 97.8 Å². The van der Waals surface area contributed by atoms with Crippen molar-refractivity contribution in [3.63, 3.8) is 0 Å². The van der Waals surface area contributed by atoms with Crippen molar-refractivity contribution in [2.45, 2.75) is 63.5 Å². The molecule has 1 saturated heterocycles. The minimum absolute atomic E-state index is 0.273. The van der Waals surface area contributed by atoms with Gasteiger partial charge in [0.1, 0.15) is 5.78 Å². The third-order valence-electron chi connectivity index (χ3n) is 4.05. The van der Waals surface area contributed by atoms with Gasteiger partial charge in [0.05, 0.1) is 5.60 Å². The molecule has 0 amide bonds. The van der Waals surface area contributed by atoms with Crippen LogP contribution in [0.5, 0.6) is 0 Å². The number of rotatable bonds is 4. The molecule has 3 nitrogen and oxygen atoms in total. The highest BCUT2D eigenvalue weighted by molar-refractivity contribution is 5.76. The molecule has 1 saturated carbocycles. The summed E-state index contributed by atoms with van der Waals surface area (Å²) in [7, 11) is 0. The lowest BCUT2D eigenvalue weighted by Gasteiger charge is -2.32. The van der Waals surface area contributed by atoms with Gasteiger partial charge in [-0.3, -0.25) is 9.69 Å². The fourth-order valence-electron chi connectivity index (χ4n) is 3.24. The maximum absolute atomic E-state index is 11.2. The molecule has 0 radical (unpaired) electrons. The van der Waals surface area contributed by atoms with Crippen molar-refractivity contribution in [1.29, 1.82) is 0 Å². The van der Waals surface area contributed by atoms with Gasteiger partial charge in [0, 0.05) is 19.0 Å². The quantitative estimate of drug-likeness (QED) is 0.792. The smallest absolute Gasteiger partial charge is 0.131 e. The van der Waals surface area contributed by atoms with Gasteiger partial charge in [0.15, 0.2) is 0 Å². The Morgan fingerprint density at radius 2 is 2.06 bits per heavy atom. The van der Waals surface area contributed by atoms with Crippen molar-refractivity contribution in [2.24, 2.45) is 0 Å². The number of carbonyl (C=O) groups is 1. The largest absolute Gasteiger partial charge is 0.389 e. The van der Waals surface area contributed by atoms with E-state index in [1.807, 2.05) is 0 Å². The highest BCUT2D eigenvalue weighted by Gasteiger charge is 2.36. The van der Waals surface area contributed by atoms with E-state index in [1.54, 1.807) is 6.92 Å². The maximum atomic E-state index is 11.2. The summed E-state index contributed by atoms with van der Waals surface area (Å²) in [6.45, 7) is 3.51. The zero-order valence-corrected chi connectivity index (χ0v) is 10.2. The second-order valence-electron chi connectivity index (χ2n) is 5.60. The summed E-state index contributed by atoms with van der Waals surface area (Å²) in [5.41, 5.74) is -0.459. The number of ketones is 1. The van der Waals surface area contributed by atoms with Crippen LogP contribution < -0.4 is 0 Å². The maximum Gasteiger partial charge on any atom is 0.131 e. The van der Waals surface area contributed by atoms with Crippen LogP contribution in [-0.2, 0) is 4.79 Å². The van der Waals surface area contributed by atoms with Gasteiger partial charge < -0.3 is 5.11 Å². The summed E-state index contributed by atoms with van der Waals surface area (Å²) >= 11 is 0. The number of likely N-dealkylation sites (tertiary alicyclic amines) is 1. The van der Waals surface area contributed by atoms with Crippen molar-refractivity contribution in [1.82, 2.24) is 4.90 Å². The van der Waals surface area contributed by atoms with Crippen LogP contribution in [0.25, 0.3) is 0 Å². The summed E-state index contributed by atoms with van der Waals surface area (Å²) in [5, 5.41) is 10.4. The molecule has 92 valence electrons. The Kier molecular flexibility index (Phi) is 3.65. The highest BCUT2D eigenvalue weighted by atomic mass is 16.3. The number of aliphatic hydroxyl groups is 1. The van der Waals surface area contributed by atoms with E-state index in [9.17, 15) is 9.90 Å². The first kappa shape index (κ1) is 12.1. The molecular formula is C13H23NO2. The molecule has 1 unspecified atom stereocenters. The fraction of sp³-hybridized carbons (Fsp3) is 0.923. The number of hydrogen-bond acceptors (Lipinski definition) is 3. The molecule has 2 aliphatic rings. The van der Waals surface area contributed by atoms with Crippen LogP contribution in [0.1, 0.15) is 51.9 Å². The van der Waals surface area contributed by atoms with Gasteiger partial charge in [-0.1, -0.05) is 12.8 Å². The molecule has 0 spiro atoms. The summed E-state index contributed by atoms with van der Waals surface area (Å²) < 4.78 is 0. The summed E-state index contributed by atoms with van der Waals surface area (Å²) in [5.74, 6) is 0.273. The molecule has 2 rings (SSSR count). The molecule has 0 aromatic heterocycles. The van der Waals surface area contributed by atoms with E-state index in [0.717, 1.165) is 45.2 Å². The molecule has 0 aromatic carbocycles. The molecule has 1 heterocycles. The van der Waals surface area contributed by atoms with E-state index in [2.05, 4.69) is 4.90 Å². The minimum atomic E-state index is -0.459. The van der Waals surface area contributed by atoms with Gasteiger partial charge in [0.2, 0.25) is 0 Å². The topological polar surface area (TPSA) is 40.5 Å². The lowest BCUT2D eigenvalue weighted by molar-refractivity contribution is -0.118. The molecule has 1 N–H and O–H groups in total. The molecule has 3 heteroatoms. The van der Waals surface area contributed by atoms with Crippen LogP contribution in [0.2, 0.25) is 0 Å². The Bertz CT molecular complexity index is 259. The number of carbonyl (C=O) groups excluding carboxylic acids is 1. The molecule has 0 bridgehead atoms. The number of Topliss-reactive ketones (excluding diaryl/α,β-unsaturated/α-hetero) is 1. The number of nitrogens with zero attached hydrogens (tertiary/aromatic N) is 1. The van der Waals surface area contributed by atoms with Gasteiger partial charge in [-0.2, -0.15) is 0 Å². The van der Waals surface area contributed by atoms with Crippen molar-refractivity contribution in [3.05, 3.63) is 0 Å². The zero-order valence-electron chi connectivity index (χ0n) is 10.2. The Balaban J connectivity index is 1.90. The van der Waals surface area contributed by atoms with Crippen LogP contribution in [0, 0.1) is 0 Å². The molecular weight excluding hydrogens is 202 g/mol. The molecule has 0 aromatic rings. The van der Waals surface area contributed by atoms with E-state index in [-0.39, 0.29) is 5.78 Å². The molecule has 1 aliphatic heterocycles. The normalized spacial score (nSPS) is 29.8. The first-order valence-electron chi connectivity index (χ1n) is 6.55. The van der Waals surface area contributed by atoms with E-state index < -0.39 is 5.60 Å². The van der Waals surface area contributed by atoms with Crippen molar-refractivity contribution >= 4 is 5.78 Å². The van der Waals surface area contributed by atoms with Crippen molar-refractivity contribution < 1.29 is 9.90 Å². The second-order valence-corrected chi connectivity index (χ2v) is 5.60. The van der Waals surface area contributed by atoms with Gasteiger partial charge >= 0.3 is 0 Å². The predicted molar refractivity (Wildman–Crippen MR) is 63.3 cm³/mol. The van der Waals surface area contributed by atoms with Crippen LogP contribution in [0.15, 0.2) is 0 Å². The first-order valence-corrected chi connectivity index (χ1v) is 6.55. The summed E-state index contributed by atoms with van der Waals surface area (Å²) in [6, 6.07) is 0.391. The Hall–Kier alpha value is -0.410. The average Bonchev–Trinajstić information content (AvgIpc) is 2.77. The minimum Gasteiger partial charge on any atom is -0.389 e. The van der Waals surface area contributed by atoms with Crippen LogP contribution in [-0.4, -0.2) is 40.5 Å². The Morgan fingerprint density at radius 3 is 2.69 bits per heavy atom. The SMILES string of the molecule is CC(=O)CC1CCCN1CC1(O)CCCC1. The van der Waals surface area contributed by atoms with Gasteiger partial charge in [0.25, 0.3) is 0 Å². The van der Waals surface area contributed by atoms with Crippen molar-refractivity contribution in [3.8, 4) is 0 Å². The predicted octanol–water partition coefficient (Wildman–Crippen LogP) is 1.73. The van der Waals surface area contributed by atoms with E-state index in [1.165, 1.54) is 6.42 Å². The molecule has 16 heavy (non-hydrogen) atoms. The first-order chi connectivity index (χ1) is 7.59. The molecule has 2 fully saturated rings.